The predicted octanol–water partition coefficient (Wildman–Crippen LogP) is 21.6. The number of ether oxygens (including phenoxy) is 2. The molecule has 646 valence electrons. The second-order valence-corrected chi connectivity index (χ2v) is 39.7. The van der Waals surface area contributed by atoms with Gasteiger partial charge < -0.3 is 50.5 Å². The molecule has 0 aliphatic carbocycles. The number of sulfonamides is 1. The van der Waals surface area contributed by atoms with Crippen LogP contribution in [0.2, 0.25) is 0 Å². The Bertz CT molecular complexity index is 4530. The van der Waals surface area contributed by atoms with E-state index in [4.69, 9.17) is 9.47 Å². The number of nitrogens with zero attached hydrogens (tertiary/aromatic N) is 3. The highest BCUT2D eigenvalue weighted by molar-refractivity contribution is 7.89. The van der Waals surface area contributed by atoms with Crippen LogP contribution >= 0.6 is 0 Å². The van der Waals surface area contributed by atoms with Crippen molar-refractivity contribution in [2.45, 2.75) is 233 Å². The number of nitrogens with one attached hydrogen (secondary N) is 5. The van der Waals surface area contributed by atoms with E-state index in [9.17, 15) is 23.1 Å². The van der Waals surface area contributed by atoms with Crippen molar-refractivity contribution in [3.05, 3.63) is 261 Å². The molecular formula is C103H146N8O7S. The molecule has 16 heteroatoms. The second kappa shape index (κ2) is 44.3. The van der Waals surface area contributed by atoms with E-state index in [0.717, 1.165) is 96.7 Å². The molecule has 0 saturated heterocycles. The van der Waals surface area contributed by atoms with Crippen molar-refractivity contribution in [3.63, 3.8) is 0 Å². The molecule has 4 heterocycles. The Labute approximate surface area is 717 Å². The first-order chi connectivity index (χ1) is 56.7. The van der Waals surface area contributed by atoms with Gasteiger partial charge in [0.2, 0.25) is 10.0 Å². The van der Waals surface area contributed by atoms with Gasteiger partial charge in [-0.3, -0.25) is 4.79 Å². The van der Waals surface area contributed by atoms with Crippen molar-refractivity contribution < 1.29 is 32.6 Å². The topological polar surface area (TPSA) is 177 Å². The fourth-order valence-electron chi connectivity index (χ4n) is 17.7. The zero-order valence-corrected chi connectivity index (χ0v) is 76.3. The molecule has 0 bridgehead atoms. The lowest BCUT2D eigenvalue weighted by atomic mass is 9.77. The number of aliphatic hydroxyl groups is 1. The van der Waals surface area contributed by atoms with E-state index in [2.05, 4.69) is 321 Å². The van der Waals surface area contributed by atoms with Gasteiger partial charge in [-0.15, -0.1) is 0 Å². The van der Waals surface area contributed by atoms with Gasteiger partial charge >= 0.3 is 12.1 Å². The van der Waals surface area contributed by atoms with Gasteiger partial charge in [0.15, 0.2) is 0 Å². The molecule has 15 nitrogen and oxygen atoms in total. The van der Waals surface area contributed by atoms with Gasteiger partial charge in [0.05, 0.1) is 43.1 Å². The summed E-state index contributed by atoms with van der Waals surface area (Å²) in [4.78, 5) is 30.2. The summed E-state index contributed by atoms with van der Waals surface area (Å²) in [6.45, 7) is 39.0. The van der Waals surface area contributed by atoms with E-state index in [0.29, 0.717) is 75.0 Å². The number of esters is 1. The van der Waals surface area contributed by atoms with Gasteiger partial charge in [-0.25, -0.2) is 17.9 Å². The van der Waals surface area contributed by atoms with Gasteiger partial charge in [0.1, 0.15) is 0 Å². The molecule has 0 saturated carbocycles. The monoisotopic (exact) mass is 1640 g/mol. The molecule has 6 N–H and O–H groups in total. The Morgan fingerprint density at radius 2 is 0.832 bits per heavy atom. The van der Waals surface area contributed by atoms with Crippen LogP contribution in [-0.2, 0) is 71.6 Å². The van der Waals surface area contributed by atoms with Crippen molar-refractivity contribution >= 4 is 44.8 Å². The van der Waals surface area contributed by atoms with Gasteiger partial charge in [0, 0.05) is 69.0 Å². The number of likely N-dealkylation sites (N-methyl/N-ethyl adjacent to an activating group) is 1. The van der Waals surface area contributed by atoms with Gasteiger partial charge in [0.25, 0.3) is 0 Å². The van der Waals surface area contributed by atoms with E-state index in [1.165, 1.54) is 96.4 Å². The third-order valence-corrected chi connectivity index (χ3v) is 25.7. The van der Waals surface area contributed by atoms with Crippen molar-refractivity contribution in [1.29, 1.82) is 0 Å². The Balaban J connectivity index is 0.000000181. The van der Waals surface area contributed by atoms with Crippen LogP contribution in [0.4, 0.5) is 27.5 Å². The van der Waals surface area contributed by atoms with Crippen LogP contribution in [0.5, 0.6) is 0 Å². The van der Waals surface area contributed by atoms with Gasteiger partial charge in [-0.05, 0) is 261 Å². The minimum absolute atomic E-state index is 0.117. The van der Waals surface area contributed by atoms with Gasteiger partial charge in [-0.2, -0.15) is 0 Å². The molecule has 119 heavy (non-hydrogen) atoms. The van der Waals surface area contributed by atoms with E-state index >= 15 is 0 Å². The van der Waals surface area contributed by atoms with Gasteiger partial charge in [-0.1, -0.05) is 253 Å². The summed E-state index contributed by atoms with van der Waals surface area (Å²) in [6.07, 6.45) is 12.0. The molecule has 4 unspecified atom stereocenters. The van der Waals surface area contributed by atoms with E-state index < -0.39 is 10.0 Å². The predicted molar refractivity (Wildman–Crippen MR) is 498 cm³/mol. The smallest absolute Gasteiger partial charge is 0.407 e. The highest BCUT2D eigenvalue weighted by atomic mass is 32.2. The Morgan fingerprint density at radius 1 is 0.462 bits per heavy atom. The normalized spacial score (nSPS) is 18.9. The molecule has 1 amide bonds. The molecule has 4 aliphatic rings. The first kappa shape index (κ1) is 94.3. The second-order valence-electron chi connectivity index (χ2n) is 37.8. The van der Waals surface area contributed by atoms with E-state index in [1.54, 1.807) is 0 Å². The van der Waals surface area contributed by atoms with Crippen molar-refractivity contribution in [3.8, 4) is 0 Å². The number of hydrogen-bond donors (Lipinski definition) is 6. The fraction of sp³-hybridized carbons (Fsp3) is 0.515. The van der Waals surface area contributed by atoms with Crippen molar-refractivity contribution in [2.75, 3.05) is 106 Å². The molecular weight excluding hydrogens is 1490 g/mol. The van der Waals surface area contributed by atoms with Crippen LogP contribution in [-0.4, -0.2) is 116 Å². The molecule has 4 aliphatic heterocycles. The maximum Gasteiger partial charge on any atom is 0.407 e. The lowest BCUT2D eigenvalue weighted by Gasteiger charge is -2.44. The Kier molecular flexibility index (Phi) is 35.1. The highest BCUT2D eigenvalue weighted by Crippen LogP contribution is 2.48. The Hall–Kier alpha value is -8.51. The lowest BCUT2D eigenvalue weighted by molar-refractivity contribution is -0.141. The number of carbonyl (C=O) groups excluding carboxylic acids is 2. The summed E-state index contributed by atoms with van der Waals surface area (Å²) in [5, 5.41) is 22.8. The first-order valence-corrected chi connectivity index (χ1v) is 46.1. The number of alkyl carbamates (subject to hydrolysis) is 1. The summed E-state index contributed by atoms with van der Waals surface area (Å²) in [5.41, 5.74) is 22.3. The number of carbonyl (C=O) groups is 2. The quantitative estimate of drug-likeness (QED) is 0.0193. The van der Waals surface area contributed by atoms with Crippen LogP contribution < -0.4 is 35.8 Å². The summed E-state index contributed by atoms with van der Waals surface area (Å²) in [6, 6.07) is 72.0. The van der Waals surface area contributed by atoms with Crippen LogP contribution in [0, 0.1) is 23.7 Å². The maximum absolute atomic E-state index is 12.2. The third-order valence-electron chi connectivity index (χ3n) is 24.2. The molecule has 0 spiro atoms. The number of amides is 1. The molecule has 12 rings (SSSR count). The standard InChI is InChI=1S/C27H39N3O2.C26H39N3O2S.C26H35NO2.C24H33NO/c1-27(2,3)23-13-14-24-22(19-23)18-21(25(29-24)20-10-7-6-8-11-20)12-9-17-32-26(31)28-15-16-30(4)5;1-26(2,3)23-13-14-24-22(19-23)18-21(25(29-24)20-10-6-5-7-11-20)12-8-16-28-32(30,31)17-9-15-27-4;1-6-27-24-15-14-23(26(3,4)5)18-22(24)17-21(13-10-16-29-19(2)28)25(27)20-11-8-7-9-12-20;1-5-25-22-14-13-21(24(2,3)4)17-20(22)16-19(12-9-15-26)23(25)18-10-7-6-8-11-18/h6-8,10-11,13-14,19,21,25,29H,9,12,15-18H2,1-5H3,(H,28,31);5-7,10-11,13-14,19,21,25,27-29H,8-9,12,15-18H2,1-4H3;7-9,11-12,14-15,18,21,25H,6,10,13,16-17H2,1-5H3;6-8,10-11,13-14,17,19,23,26H,5,9,12,15-16H2,1-4H3/t;;21-,25-;19-,23-/m..00/s1. The van der Waals surface area contributed by atoms with Crippen LogP contribution in [0.15, 0.2) is 194 Å². The first-order valence-electron chi connectivity index (χ1n) is 44.4. The van der Waals surface area contributed by atoms with Crippen molar-refractivity contribution in [1.82, 2.24) is 20.3 Å². The van der Waals surface area contributed by atoms with Crippen LogP contribution in [0.25, 0.3) is 0 Å². The SMILES string of the molecule is CCN1c2ccc(C(C)(C)C)cc2C[C@H](CCCO)[C@@H]1c1ccccc1.CCN1c2ccc(C(C)(C)C)cc2C[C@H](CCCOC(C)=O)[C@@H]1c1ccccc1.CN(C)CCNC(=O)OCCCC1Cc2cc(C(C)(C)C)ccc2NC1c1ccccc1.CNCCCS(=O)(=O)NCCCC1Cc2cc(C(C)(C)C)ccc2NC1c1ccccc1. The number of hydrogen-bond acceptors (Lipinski definition) is 13. The third kappa shape index (κ3) is 27.8. The summed E-state index contributed by atoms with van der Waals surface area (Å²) in [7, 11) is 2.60. The lowest BCUT2D eigenvalue weighted by Crippen LogP contribution is -2.39. The average molecular weight is 1640 g/mol. The summed E-state index contributed by atoms with van der Waals surface area (Å²) in [5.74, 6) is 1.87. The maximum atomic E-state index is 12.2. The molecule has 8 atom stereocenters. The van der Waals surface area contributed by atoms with Crippen molar-refractivity contribution in [2.24, 2.45) is 23.7 Å². The minimum Gasteiger partial charge on any atom is -0.466 e. The zero-order chi connectivity index (χ0) is 86.1. The number of aliphatic hydroxyl groups excluding tert-OH is 1. The number of anilines is 4. The average Bonchev–Trinajstić information content (AvgIpc) is 0.773. The summed E-state index contributed by atoms with van der Waals surface area (Å²) < 4.78 is 37.8. The minimum atomic E-state index is -3.20. The number of rotatable bonds is 29. The number of benzene rings is 8. The number of fused-ring (bicyclic) bond motifs is 4. The Morgan fingerprint density at radius 3 is 1.22 bits per heavy atom. The molecule has 8 aromatic carbocycles. The largest absolute Gasteiger partial charge is 0.466 e. The molecule has 0 radical (unpaired) electrons. The fourth-order valence-corrected chi connectivity index (χ4v) is 18.8. The summed E-state index contributed by atoms with van der Waals surface area (Å²) >= 11 is 0. The van der Waals surface area contributed by atoms with Crippen LogP contribution in [0.3, 0.4) is 0 Å². The zero-order valence-electron chi connectivity index (χ0n) is 75.5. The van der Waals surface area contributed by atoms with Crippen LogP contribution in [0.1, 0.15) is 253 Å². The molecule has 0 fully saturated rings. The molecule has 8 aromatic rings. The van der Waals surface area contributed by atoms with E-state index in [1.807, 2.05) is 32.1 Å². The highest BCUT2D eigenvalue weighted by Gasteiger charge is 2.38. The molecule has 0 aromatic heterocycles. The van der Waals surface area contributed by atoms with E-state index in [-0.39, 0.29) is 58.2 Å².